The molecule has 0 aliphatic rings. The van der Waals surface area contributed by atoms with Crippen molar-refractivity contribution in [3.63, 3.8) is 0 Å². The molecule has 0 aliphatic heterocycles. The highest BCUT2D eigenvalue weighted by atomic mass is 15.0. The van der Waals surface area contributed by atoms with Crippen LogP contribution in [0.15, 0.2) is 84.2 Å². The van der Waals surface area contributed by atoms with Gasteiger partial charge in [-0.1, -0.05) is 36.4 Å². The predicted octanol–water partition coefficient (Wildman–Crippen LogP) is 3.70. The van der Waals surface area contributed by atoms with Crippen LogP contribution in [0, 0.1) is 0 Å². The SMILES string of the molecule is NC(=Nc1ccccc1N)c1ccc(Cn2ccc3ccncc32)cc1. The normalized spacial score (nSPS) is 11.8. The summed E-state index contributed by atoms with van der Waals surface area (Å²) in [5, 5.41) is 1.19. The number of aliphatic imine (C=N–C) groups is 1. The van der Waals surface area contributed by atoms with E-state index in [1.807, 2.05) is 54.9 Å². The van der Waals surface area contributed by atoms with Gasteiger partial charge in [0.1, 0.15) is 5.84 Å². The molecule has 5 nitrogen and oxygen atoms in total. The first-order valence-corrected chi connectivity index (χ1v) is 8.37. The number of hydrogen-bond acceptors (Lipinski definition) is 3. The number of nitrogens with zero attached hydrogens (tertiary/aromatic N) is 3. The van der Waals surface area contributed by atoms with Crippen LogP contribution in [0.5, 0.6) is 0 Å². The highest BCUT2D eigenvalue weighted by Gasteiger charge is 2.04. The Balaban J connectivity index is 1.56. The lowest BCUT2D eigenvalue weighted by molar-refractivity contribution is 0.835. The number of fused-ring (bicyclic) bond motifs is 1. The van der Waals surface area contributed by atoms with Crippen LogP contribution in [-0.2, 0) is 6.54 Å². The number of nitrogens with two attached hydrogens (primary N) is 2. The molecule has 4 rings (SSSR count). The molecule has 128 valence electrons. The highest BCUT2D eigenvalue weighted by molar-refractivity contribution is 5.99. The van der Waals surface area contributed by atoms with Crippen molar-refractivity contribution in [2.75, 3.05) is 5.73 Å². The number of amidine groups is 1. The summed E-state index contributed by atoms with van der Waals surface area (Å²) in [6, 6.07) is 19.6. The molecule has 0 fully saturated rings. The molecule has 4 aromatic rings. The Kier molecular flexibility index (Phi) is 4.11. The molecular weight excluding hydrogens is 322 g/mol. The molecule has 0 saturated carbocycles. The topological polar surface area (TPSA) is 82.2 Å². The third kappa shape index (κ3) is 3.15. The minimum atomic E-state index is 0.449. The number of anilines is 1. The largest absolute Gasteiger partial charge is 0.397 e. The average Bonchev–Trinajstić information content (AvgIpc) is 3.07. The molecule has 0 radical (unpaired) electrons. The lowest BCUT2D eigenvalue weighted by Gasteiger charge is -2.07. The zero-order chi connectivity index (χ0) is 17.9. The summed E-state index contributed by atoms with van der Waals surface area (Å²) in [4.78, 5) is 8.64. The number of hydrogen-bond donors (Lipinski definition) is 2. The van der Waals surface area contributed by atoms with E-state index in [0.717, 1.165) is 17.6 Å². The van der Waals surface area contributed by atoms with Gasteiger partial charge in [-0.2, -0.15) is 0 Å². The quantitative estimate of drug-likeness (QED) is 0.337. The maximum absolute atomic E-state index is 6.14. The van der Waals surface area contributed by atoms with Crippen LogP contribution in [0.3, 0.4) is 0 Å². The van der Waals surface area contributed by atoms with Gasteiger partial charge in [0, 0.05) is 29.9 Å². The van der Waals surface area contributed by atoms with E-state index in [4.69, 9.17) is 11.5 Å². The molecule has 2 aromatic carbocycles. The summed E-state index contributed by atoms with van der Waals surface area (Å²) in [5.74, 6) is 0.449. The van der Waals surface area contributed by atoms with Gasteiger partial charge in [0.2, 0.25) is 0 Å². The van der Waals surface area contributed by atoms with E-state index >= 15 is 0 Å². The fourth-order valence-corrected chi connectivity index (χ4v) is 2.93. The maximum atomic E-state index is 6.14. The average molecular weight is 341 g/mol. The van der Waals surface area contributed by atoms with Crippen LogP contribution in [0.2, 0.25) is 0 Å². The summed E-state index contributed by atoms with van der Waals surface area (Å²) in [5.41, 5.74) is 16.5. The first kappa shape index (κ1) is 15.9. The Hall–Kier alpha value is -3.60. The van der Waals surface area contributed by atoms with Crippen LogP contribution in [0.25, 0.3) is 10.9 Å². The molecule has 2 aromatic heterocycles. The van der Waals surface area contributed by atoms with Gasteiger partial charge in [-0.25, -0.2) is 4.99 Å². The summed E-state index contributed by atoms with van der Waals surface area (Å²) < 4.78 is 2.18. The minimum absolute atomic E-state index is 0.449. The van der Waals surface area contributed by atoms with Gasteiger partial charge in [-0.15, -0.1) is 0 Å². The van der Waals surface area contributed by atoms with E-state index in [0.29, 0.717) is 17.2 Å². The Morgan fingerprint density at radius 2 is 1.81 bits per heavy atom. The lowest BCUT2D eigenvalue weighted by Crippen LogP contribution is -2.13. The third-order valence-electron chi connectivity index (χ3n) is 4.36. The molecule has 0 aliphatic carbocycles. The smallest absolute Gasteiger partial charge is 0.131 e. The van der Waals surface area contributed by atoms with E-state index in [-0.39, 0.29) is 0 Å². The van der Waals surface area contributed by atoms with Crippen molar-refractivity contribution in [1.29, 1.82) is 0 Å². The van der Waals surface area contributed by atoms with Crippen LogP contribution in [0.4, 0.5) is 11.4 Å². The van der Waals surface area contributed by atoms with E-state index in [2.05, 4.69) is 38.9 Å². The molecule has 0 bridgehead atoms. The van der Waals surface area contributed by atoms with Gasteiger partial charge < -0.3 is 16.0 Å². The molecule has 5 heteroatoms. The Morgan fingerprint density at radius 1 is 1.00 bits per heavy atom. The molecule has 0 unspecified atom stereocenters. The van der Waals surface area contributed by atoms with Crippen molar-refractivity contribution in [2.24, 2.45) is 10.7 Å². The van der Waals surface area contributed by atoms with Crippen molar-refractivity contribution >= 4 is 28.1 Å². The Bertz CT molecular complexity index is 1080. The van der Waals surface area contributed by atoms with E-state index in [9.17, 15) is 0 Å². The third-order valence-corrected chi connectivity index (χ3v) is 4.36. The van der Waals surface area contributed by atoms with Crippen molar-refractivity contribution in [2.45, 2.75) is 6.54 Å². The van der Waals surface area contributed by atoms with Crippen LogP contribution < -0.4 is 11.5 Å². The van der Waals surface area contributed by atoms with Gasteiger partial charge in [-0.05, 0) is 29.8 Å². The number of aromatic nitrogens is 2. The fraction of sp³-hybridized carbons (Fsp3) is 0.0476. The van der Waals surface area contributed by atoms with Crippen molar-refractivity contribution < 1.29 is 0 Å². The Morgan fingerprint density at radius 3 is 2.62 bits per heavy atom. The number of benzene rings is 2. The maximum Gasteiger partial charge on any atom is 0.131 e. The van der Waals surface area contributed by atoms with Crippen molar-refractivity contribution in [3.05, 3.63) is 90.4 Å². The summed E-state index contributed by atoms with van der Waals surface area (Å²) in [6.07, 6.45) is 5.77. The Labute approximate surface area is 151 Å². The molecule has 0 atom stereocenters. The zero-order valence-corrected chi connectivity index (χ0v) is 14.2. The monoisotopic (exact) mass is 341 g/mol. The van der Waals surface area contributed by atoms with Crippen LogP contribution in [-0.4, -0.2) is 15.4 Å². The van der Waals surface area contributed by atoms with Crippen LogP contribution >= 0.6 is 0 Å². The second-order valence-corrected chi connectivity index (χ2v) is 6.13. The second-order valence-electron chi connectivity index (χ2n) is 6.13. The number of pyridine rings is 1. The standard InChI is InChI=1S/C21H19N5/c22-18-3-1-2-4-19(18)25-21(23)17-7-5-15(6-8-17)14-26-12-10-16-9-11-24-13-20(16)26/h1-13H,14,22H2,(H2,23,25). The molecular formula is C21H19N5. The number of nitrogen functional groups attached to an aromatic ring is 1. The second kappa shape index (κ2) is 6.72. The number of rotatable bonds is 4. The zero-order valence-electron chi connectivity index (χ0n) is 14.2. The van der Waals surface area contributed by atoms with Crippen molar-refractivity contribution in [3.8, 4) is 0 Å². The van der Waals surface area contributed by atoms with E-state index in [1.54, 1.807) is 0 Å². The summed E-state index contributed by atoms with van der Waals surface area (Å²) in [6.45, 7) is 0.776. The minimum Gasteiger partial charge on any atom is -0.397 e. The first-order valence-electron chi connectivity index (χ1n) is 8.37. The lowest BCUT2D eigenvalue weighted by atomic mass is 10.1. The van der Waals surface area contributed by atoms with Gasteiger partial charge in [-0.3, -0.25) is 4.98 Å². The molecule has 2 heterocycles. The molecule has 0 saturated heterocycles. The number of para-hydroxylation sites is 2. The van der Waals surface area contributed by atoms with E-state index in [1.165, 1.54) is 10.9 Å². The summed E-state index contributed by atoms with van der Waals surface area (Å²) in [7, 11) is 0. The highest BCUT2D eigenvalue weighted by Crippen LogP contribution is 2.21. The van der Waals surface area contributed by atoms with Gasteiger partial charge in [0.15, 0.2) is 0 Å². The molecule has 4 N–H and O–H groups in total. The van der Waals surface area contributed by atoms with Gasteiger partial charge >= 0.3 is 0 Å². The van der Waals surface area contributed by atoms with Gasteiger partial charge in [0.05, 0.1) is 23.1 Å². The van der Waals surface area contributed by atoms with Gasteiger partial charge in [0.25, 0.3) is 0 Å². The van der Waals surface area contributed by atoms with Crippen LogP contribution in [0.1, 0.15) is 11.1 Å². The molecule has 0 amide bonds. The molecule has 0 spiro atoms. The summed E-state index contributed by atoms with van der Waals surface area (Å²) >= 11 is 0. The molecule has 26 heavy (non-hydrogen) atoms. The van der Waals surface area contributed by atoms with Crippen molar-refractivity contribution in [1.82, 2.24) is 9.55 Å². The van der Waals surface area contributed by atoms with E-state index < -0.39 is 0 Å². The first-order chi connectivity index (χ1) is 12.7. The predicted molar refractivity (Wildman–Crippen MR) is 107 cm³/mol. The fourth-order valence-electron chi connectivity index (χ4n) is 2.93.